The summed E-state index contributed by atoms with van der Waals surface area (Å²) < 4.78 is 54.9. The highest BCUT2D eigenvalue weighted by molar-refractivity contribution is 6.07. The molecule has 0 radical (unpaired) electrons. The predicted molar refractivity (Wildman–Crippen MR) is 178 cm³/mol. The maximum absolute atomic E-state index is 17.1. The topological polar surface area (TPSA) is 108 Å². The summed E-state index contributed by atoms with van der Waals surface area (Å²) in [4.78, 5) is 38.8. The van der Waals surface area contributed by atoms with Gasteiger partial charge in [0.2, 0.25) is 11.8 Å². The third-order valence-corrected chi connectivity index (χ3v) is 11.2. The van der Waals surface area contributed by atoms with E-state index in [-0.39, 0.29) is 76.3 Å². The number of piperidine rings is 1. The number of rotatable bonds is 6. The van der Waals surface area contributed by atoms with Gasteiger partial charge >= 0.3 is 6.01 Å². The highest BCUT2D eigenvalue weighted by atomic mass is 19.1. The third kappa shape index (κ3) is 5.09. The van der Waals surface area contributed by atoms with E-state index in [2.05, 4.69) is 22.1 Å². The number of aromatic nitrogens is 2. The van der Waals surface area contributed by atoms with E-state index in [4.69, 9.17) is 9.72 Å². The van der Waals surface area contributed by atoms with Crippen LogP contribution in [0.2, 0.25) is 0 Å². The van der Waals surface area contributed by atoms with Crippen molar-refractivity contribution in [3.63, 3.8) is 0 Å². The fraction of sp³-hybridized carbons (Fsp3) is 0.459. The van der Waals surface area contributed by atoms with Gasteiger partial charge in [0.15, 0.2) is 5.82 Å². The van der Waals surface area contributed by atoms with Gasteiger partial charge in [-0.25, -0.2) is 13.2 Å². The lowest BCUT2D eigenvalue weighted by Crippen LogP contribution is -2.47. The van der Waals surface area contributed by atoms with Crippen LogP contribution in [0.4, 0.5) is 19.0 Å². The van der Waals surface area contributed by atoms with Crippen LogP contribution < -0.4 is 15.0 Å². The third-order valence-electron chi connectivity index (χ3n) is 11.2. The molecular formula is C37H38F3N5O4. The molecule has 9 nitrogen and oxygen atoms in total. The van der Waals surface area contributed by atoms with Gasteiger partial charge in [0.25, 0.3) is 0 Å². The van der Waals surface area contributed by atoms with E-state index in [0.717, 1.165) is 38.4 Å². The summed E-state index contributed by atoms with van der Waals surface area (Å²) in [5.41, 5.74) is -1.53. The number of anilines is 1. The summed E-state index contributed by atoms with van der Waals surface area (Å²) in [6, 6.07) is 6.51. The number of aromatic hydroxyl groups is 1. The van der Waals surface area contributed by atoms with Crippen LogP contribution in [0.3, 0.4) is 0 Å². The zero-order chi connectivity index (χ0) is 34.2. The maximum Gasteiger partial charge on any atom is 0.319 e. The van der Waals surface area contributed by atoms with E-state index in [1.54, 1.807) is 11.8 Å². The highest BCUT2D eigenvalue weighted by Crippen LogP contribution is 2.45. The van der Waals surface area contributed by atoms with Crippen LogP contribution in [-0.2, 0) is 16.0 Å². The lowest BCUT2D eigenvalue weighted by molar-refractivity contribution is -0.128. The first-order valence-corrected chi connectivity index (χ1v) is 17.1. The number of carbonyl (C=O) groups is 2. The summed E-state index contributed by atoms with van der Waals surface area (Å²) >= 11 is 0. The van der Waals surface area contributed by atoms with Crippen LogP contribution in [0.15, 0.2) is 30.3 Å². The Morgan fingerprint density at radius 2 is 1.88 bits per heavy atom. The van der Waals surface area contributed by atoms with E-state index in [0.29, 0.717) is 42.7 Å². The molecule has 1 unspecified atom stereocenters. The van der Waals surface area contributed by atoms with Gasteiger partial charge in [0.1, 0.15) is 35.3 Å². The van der Waals surface area contributed by atoms with Crippen LogP contribution >= 0.6 is 0 Å². The quantitative estimate of drug-likeness (QED) is 0.240. The molecule has 4 aliphatic rings. The molecule has 2 amide bonds. The van der Waals surface area contributed by atoms with Crippen molar-refractivity contribution in [1.29, 1.82) is 0 Å². The standard InChI is InChI=1S/C37H38F3N5O4/c1-3-23-26(38)7-6-21-12-22(46)13-24(29(21)23)30-27(39)14-25-32(31(30)40)42-35(49-19-37-9-5-11-45(37)17-20(2)15-37)43-33(25)44-10-4-8-36(18-44)16-28(47)41-34(36)48/h6-7,12-14,20,46H,3-5,8-11,15-19H2,1-2H3,(H,41,47,48)/t20-,36?,37+/m1/s1. The maximum atomic E-state index is 17.1. The number of benzene rings is 3. The molecule has 49 heavy (non-hydrogen) atoms. The van der Waals surface area contributed by atoms with Crippen molar-refractivity contribution in [2.24, 2.45) is 11.3 Å². The number of amides is 2. The number of nitrogens with one attached hydrogen (secondary N) is 1. The van der Waals surface area contributed by atoms with Gasteiger partial charge in [-0.3, -0.25) is 19.8 Å². The highest BCUT2D eigenvalue weighted by Gasteiger charge is 2.50. The molecule has 0 saturated carbocycles. The number of imide groups is 1. The van der Waals surface area contributed by atoms with Crippen molar-refractivity contribution in [2.45, 2.75) is 64.3 Å². The number of phenols is 1. The first kappa shape index (κ1) is 31.8. The Morgan fingerprint density at radius 1 is 1.06 bits per heavy atom. The molecule has 3 atom stereocenters. The van der Waals surface area contributed by atoms with Gasteiger partial charge in [0.05, 0.1) is 16.5 Å². The summed E-state index contributed by atoms with van der Waals surface area (Å²) in [5, 5.41) is 13.8. The number of hydrogen-bond donors (Lipinski definition) is 2. The molecule has 0 bridgehead atoms. The minimum absolute atomic E-state index is 0.00405. The van der Waals surface area contributed by atoms with Crippen molar-refractivity contribution in [3.05, 3.63) is 53.3 Å². The van der Waals surface area contributed by atoms with Gasteiger partial charge in [-0.1, -0.05) is 19.9 Å². The lowest BCUT2D eigenvalue weighted by Gasteiger charge is -2.39. The number of ether oxygens (including phenoxy) is 1. The Kier molecular flexibility index (Phi) is 7.51. The molecular weight excluding hydrogens is 635 g/mol. The summed E-state index contributed by atoms with van der Waals surface area (Å²) in [6.45, 7) is 6.79. The molecule has 3 aromatic carbocycles. The Balaban J connectivity index is 1.30. The number of nitrogens with zero attached hydrogens (tertiary/aromatic N) is 4. The molecule has 12 heteroatoms. The first-order valence-electron chi connectivity index (χ1n) is 17.1. The Labute approximate surface area is 281 Å². The number of aryl methyl sites for hydroxylation is 1. The SMILES string of the molecule is CCc1c(F)ccc2cc(O)cc(-c3c(F)cc4c(N5CCCC6(CC(=O)NC6=O)C5)nc(OC[C@@]56CCCN5C[C@H](C)C6)nc4c3F)c12. The number of fused-ring (bicyclic) bond motifs is 3. The first-order chi connectivity index (χ1) is 23.5. The zero-order valence-electron chi connectivity index (χ0n) is 27.5. The van der Waals surface area contributed by atoms with Crippen LogP contribution in [0, 0.1) is 28.8 Å². The molecule has 2 N–H and O–H groups in total. The van der Waals surface area contributed by atoms with E-state index in [1.807, 2.05) is 0 Å². The van der Waals surface area contributed by atoms with Gasteiger partial charge in [0, 0.05) is 31.4 Å². The smallest absolute Gasteiger partial charge is 0.319 e. The second kappa shape index (κ2) is 11.6. The number of carbonyl (C=O) groups excluding carboxylic acids is 2. The van der Waals surface area contributed by atoms with E-state index < -0.39 is 28.4 Å². The molecule has 4 saturated heterocycles. The zero-order valence-corrected chi connectivity index (χ0v) is 27.5. The largest absolute Gasteiger partial charge is 0.508 e. The molecule has 256 valence electrons. The predicted octanol–water partition coefficient (Wildman–Crippen LogP) is 6.02. The van der Waals surface area contributed by atoms with Crippen molar-refractivity contribution < 1.29 is 32.6 Å². The van der Waals surface area contributed by atoms with Crippen LogP contribution in [0.1, 0.15) is 57.9 Å². The monoisotopic (exact) mass is 673 g/mol. The van der Waals surface area contributed by atoms with Crippen LogP contribution in [0.5, 0.6) is 11.8 Å². The average Bonchev–Trinajstić information content (AvgIpc) is 3.68. The summed E-state index contributed by atoms with van der Waals surface area (Å²) in [7, 11) is 0. The normalized spacial score (nSPS) is 25.6. The minimum Gasteiger partial charge on any atom is -0.508 e. The number of halogens is 3. The van der Waals surface area contributed by atoms with Crippen LogP contribution in [0.25, 0.3) is 32.8 Å². The second-order valence-corrected chi connectivity index (χ2v) is 14.5. The molecule has 1 spiro atoms. The van der Waals surface area contributed by atoms with Gasteiger partial charge in [-0.2, -0.15) is 9.97 Å². The molecule has 8 rings (SSSR count). The van der Waals surface area contributed by atoms with E-state index in [1.165, 1.54) is 24.3 Å². The minimum atomic E-state index is -1.00. The molecule has 4 aliphatic heterocycles. The molecule has 4 aromatic rings. The van der Waals surface area contributed by atoms with Gasteiger partial charge < -0.3 is 14.7 Å². The molecule has 4 fully saturated rings. The molecule has 0 aliphatic carbocycles. The summed E-state index contributed by atoms with van der Waals surface area (Å²) in [5.74, 6) is -2.69. The van der Waals surface area contributed by atoms with Crippen molar-refractivity contribution >= 4 is 39.3 Å². The average molecular weight is 674 g/mol. The van der Waals surface area contributed by atoms with E-state index in [9.17, 15) is 14.7 Å². The summed E-state index contributed by atoms with van der Waals surface area (Å²) in [6.07, 6.45) is 4.30. The van der Waals surface area contributed by atoms with Crippen molar-refractivity contribution in [1.82, 2.24) is 20.2 Å². The Morgan fingerprint density at radius 3 is 2.65 bits per heavy atom. The van der Waals surface area contributed by atoms with Crippen molar-refractivity contribution in [3.8, 4) is 22.9 Å². The van der Waals surface area contributed by atoms with Crippen molar-refractivity contribution in [2.75, 3.05) is 37.7 Å². The van der Waals surface area contributed by atoms with E-state index >= 15 is 13.2 Å². The fourth-order valence-corrected chi connectivity index (χ4v) is 9.11. The fourth-order valence-electron chi connectivity index (χ4n) is 9.11. The Bertz CT molecular complexity index is 2060. The molecule has 1 aromatic heterocycles. The number of hydrogen-bond acceptors (Lipinski definition) is 8. The second-order valence-electron chi connectivity index (χ2n) is 14.5. The number of phenolic OH excluding ortho intramolecular Hbond substituents is 1. The molecule has 5 heterocycles. The van der Waals surface area contributed by atoms with Crippen LogP contribution in [-0.4, -0.2) is 70.1 Å². The van der Waals surface area contributed by atoms with Gasteiger partial charge in [-0.15, -0.1) is 0 Å². The van der Waals surface area contributed by atoms with Gasteiger partial charge in [-0.05, 0) is 97.2 Å². The Hall–Kier alpha value is -4.45. The lowest BCUT2D eigenvalue weighted by atomic mass is 9.78.